The number of amidine groups is 2. The Morgan fingerprint density at radius 3 is 2.53 bits per heavy atom. The minimum Gasteiger partial charge on any atom is -0.462 e. The monoisotopic (exact) mass is 674 g/mol. The molecule has 8 nitrogen and oxygen atoms in total. The summed E-state index contributed by atoms with van der Waals surface area (Å²) in [5.74, 6) is -3.56. The van der Waals surface area contributed by atoms with Crippen LogP contribution in [0.2, 0.25) is 0 Å². The Labute approximate surface area is 277 Å². The molecule has 3 heterocycles. The van der Waals surface area contributed by atoms with Gasteiger partial charge in [0, 0.05) is 62.0 Å². The number of carbonyl (C=O) groups is 1. The zero-order valence-corrected chi connectivity index (χ0v) is 27.5. The van der Waals surface area contributed by atoms with Crippen molar-refractivity contribution in [3.8, 4) is 0 Å². The number of carbonyl (C=O) groups excluding carboxylic acids is 1. The third kappa shape index (κ3) is 8.28. The number of hydrogen-bond donors (Lipinski definition) is 0. The van der Waals surface area contributed by atoms with Crippen LogP contribution in [-0.4, -0.2) is 103 Å². The van der Waals surface area contributed by atoms with Gasteiger partial charge < -0.3 is 14.5 Å². The molecule has 4 aliphatic rings. The third-order valence-corrected chi connectivity index (χ3v) is 8.62. The molecule has 1 aliphatic carbocycles. The van der Waals surface area contributed by atoms with Crippen LogP contribution in [0.15, 0.2) is 110 Å². The average molecular weight is 675 g/mol. The van der Waals surface area contributed by atoms with Gasteiger partial charge in [-0.05, 0) is 39.0 Å². The number of likely N-dealkylation sites (tertiary alicyclic amines) is 1. The summed E-state index contributed by atoms with van der Waals surface area (Å²) >= 11 is 6.47. The van der Waals surface area contributed by atoms with Crippen LogP contribution in [0.3, 0.4) is 0 Å². The van der Waals surface area contributed by atoms with Crippen LogP contribution >= 0.6 is 11.6 Å². The Hall–Kier alpha value is -4.03. The molecule has 252 valence electrons. The number of amides is 1. The maximum Gasteiger partial charge on any atom is 0.314 e. The van der Waals surface area contributed by atoms with E-state index >= 15 is 4.39 Å². The minimum absolute atomic E-state index is 0.0415. The van der Waals surface area contributed by atoms with Crippen LogP contribution < -0.4 is 0 Å². The van der Waals surface area contributed by atoms with Gasteiger partial charge in [0.25, 0.3) is 5.91 Å². The van der Waals surface area contributed by atoms with E-state index in [9.17, 15) is 18.0 Å². The van der Waals surface area contributed by atoms with Gasteiger partial charge in [-0.3, -0.25) is 14.7 Å². The van der Waals surface area contributed by atoms with E-state index in [0.29, 0.717) is 0 Å². The minimum atomic E-state index is -1.18. The summed E-state index contributed by atoms with van der Waals surface area (Å²) in [7, 11) is 1.79. The quantitative estimate of drug-likeness (QED) is 0.188. The summed E-state index contributed by atoms with van der Waals surface area (Å²) in [6, 6.07) is -1.60. The molecule has 13 heteroatoms. The van der Waals surface area contributed by atoms with Gasteiger partial charge in [0.15, 0.2) is 11.7 Å². The number of nitrogens with zero attached hydrogens (tertiary/aromatic N) is 6. The van der Waals surface area contributed by atoms with E-state index in [1.54, 1.807) is 38.3 Å². The lowest BCUT2D eigenvalue weighted by molar-refractivity contribution is -0.129. The van der Waals surface area contributed by atoms with Crippen molar-refractivity contribution in [2.45, 2.75) is 38.5 Å². The molecule has 0 aromatic carbocycles. The molecule has 0 N–H and O–H groups in total. The Morgan fingerprint density at radius 1 is 1.23 bits per heavy atom. The van der Waals surface area contributed by atoms with Gasteiger partial charge in [-0.1, -0.05) is 49.1 Å². The number of ether oxygens (including phenoxy) is 1. The number of likely N-dealkylation sites (N-methyl/N-ethyl adjacent to an activating group) is 1. The topological polar surface area (TPSA) is 73.1 Å². The highest BCUT2D eigenvalue weighted by Gasteiger charge is 2.32. The largest absolute Gasteiger partial charge is 0.462 e. The van der Waals surface area contributed by atoms with Crippen molar-refractivity contribution in [1.29, 1.82) is 0 Å². The SMILES string of the molecule is C=CC1C=CC(F)=C(Cl)/C1=C(/C=C\C)C1=C(/F)C(C)N=C(OCC2CC(F)CN2C)/N=C(/N2CCN(C(=O)C(=C)F)CC2)C(=C)C=N/1. The van der Waals surface area contributed by atoms with E-state index in [4.69, 9.17) is 16.3 Å². The normalized spacial score (nSPS) is 30.0. The molecule has 4 unspecified atom stereocenters. The molecular weight excluding hydrogens is 636 g/mol. The van der Waals surface area contributed by atoms with Crippen molar-refractivity contribution in [2.75, 3.05) is 46.4 Å². The predicted octanol–water partition coefficient (Wildman–Crippen LogP) is 6.30. The molecule has 4 rings (SSSR count). The molecule has 2 saturated heterocycles. The smallest absolute Gasteiger partial charge is 0.314 e. The van der Waals surface area contributed by atoms with Gasteiger partial charge in [-0.2, -0.15) is 4.99 Å². The van der Waals surface area contributed by atoms with Crippen molar-refractivity contribution < 1.29 is 27.1 Å². The molecule has 1 amide bonds. The summed E-state index contributed by atoms with van der Waals surface area (Å²) in [4.78, 5) is 30.8. The number of rotatable bonds is 6. The average Bonchev–Trinajstić information content (AvgIpc) is 3.38. The van der Waals surface area contributed by atoms with Crippen molar-refractivity contribution in [2.24, 2.45) is 20.9 Å². The van der Waals surface area contributed by atoms with E-state index < -0.39 is 41.5 Å². The number of halogens is 5. The van der Waals surface area contributed by atoms with Crippen LogP contribution in [-0.2, 0) is 9.53 Å². The maximum absolute atomic E-state index is 16.5. The van der Waals surface area contributed by atoms with Crippen molar-refractivity contribution in [3.05, 3.63) is 95.0 Å². The van der Waals surface area contributed by atoms with Crippen LogP contribution in [0.4, 0.5) is 17.6 Å². The number of aliphatic imine (C=N–C) groups is 3. The predicted molar refractivity (Wildman–Crippen MR) is 179 cm³/mol. The fraction of sp³-hybridized carbons (Fsp3) is 0.412. The molecule has 0 spiro atoms. The van der Waals surface area contributed by atoms with Crippen LogP contribution in [0.1, 0.15) is 20.3 Å². The molecule has 2 fully saturated rings. The summed E-state index contributed by atoms with van der Waals surface area (Å²) in [6.07, 6.45) is 8.20. The first-order valence-corrected chi connectivity index (χ1v) is 15.6. The summed E-state index contributed by atoms with van der Waals surface area (Å²) < 4.78 is 64.9. The summed E-state index contributed by atoms with van der Waals surface area (Å²) in [6.45, 7) is 15.4. The van der Waals surface area contributed by atoms with Crippen molar-refractivity contribution in [1.82, 2.24) is 14.7 Å². The molecule has 0 aromatic heterocycles. The van der Waals surface area contributed by atoms with Gasteiger partial charge >= 0.3 is 6.02 Å². The lowest BCUT2D eigenvalue weighted by atomic mass is 9.87. The van der Waals surface area contributed by atoms with Gasteiger partial charge in [-0.25, -0.2) is 22.6 Å². The first kappa shape index (κ1) is 35.8. The van der Waals surface area contributed by atoms with E-state index in [-0.39, 0.29) is 91.1 Å². The number of allylic oxidation sites excluding steroid dienone is 8. The Bertz CT molecular complexity index is 1550. The highest BCUT2D eigenvalue weighted by Crippen LogP contribution is 2.40. The highest BCUT2D eigenvalue weighted by molar-refractivity contribution is 6.32. The standard InChI is InChI=1S/C34H39ClF4N6O2/c1-7-9-26(28-23(8-2)10-11-27(38)29(28)35)31-30(39)22(5)41-34(47-19-25-16-24(37)18-43(25)6)42-32(20(3)17-40-31)44-12-14-45(15-13-44)33(46)21(4)36/h7-11,17,22-25H,2-4,12-16,18-19H2,1,5-6H3/b9-7-,28-26-,31-30+,40-17?,41-34?,42-32+. The molecule has 0 radical (unpaired) electrons. The Kier molecular flexibility index (Phi) is 12.0. The van der Waals surface area contributed by atoms with Crippen LogP contribution in [0, 0.1) is 5.92 Å². The Morgan fingerprint density at radius 2 is 1.94 bits per heavy atom. The number of alkyl halides is 1. The summed E-state index contributed by atoms with van der Waals surface area (Å²) in [5.41, 5.74) is 0.578. The fourth-order valence-corrected chi connectivity index (χ4v) is 5.97. The third-order valence-electron chi connectivity index (χ3n) is 8.24. The van der Waals surface area contributed by atoms with Crippen LogP contribution in [0.5, 0.6) is 0 Å². The summed E-state index contributed by atoms with van der Waals surface area (Å²) in [5, 5.41) is -0.199. The fourth-order valence-electron chi connectivity index (χ4n) is 5.67. The van der Waals surface area contributed by atoms with Gasteiger partial charge in [-0.15, -0.1) is 6.58 Å². The second kappa shape index (κ2) is 15.7. The molecule has 3 aliphatic heterocycles. The van der Waals surface area contributed by atoms with E-state index in [1.165, 1.54) is 24.1 Å². The lowest BCUT2D eigenvalue weighted by Crippen LogP contribution is -2.51. The van der Waals surface area contributed by atoms with E-state index in [1.807, 2.05) is 9.80 Å². The van der Waals surface area contributed by atoms with Crippen molar-refractivity contribution in [3.63, 3.8) is 0 Å². The van der Waals surface area contributed by atoms with Crippen molar-refractivity contribution >= 4 is 35.6 Å². The second-order valence-corrected chi connectivity index (χ2v) is 11.9. The number of hydrogen-bond acceptors (Lipinski definition) is 7. The highest BCUT2D eigenvalue weighted by atomic mass is 35.5. The van der Waals surface area contributed by atoms with E-state index in [0.717, 1.165) is 0 Å². The lowest BCUT2D eigenvalue weighted by Gasteiger charge is -2.36. The van der Waals surface area contributed by atoms with Gasteiger partial charge in [0.05, 0.1) is 5.03 Å². The van der Waals surface area contributed by atoms with Gasteiger partial charge in [0.1, 0.15) is 36.2 Å². The second-order valence-electron chi connectivity index (χ2n) is 11.5. The molecule has 0 bridgehead atoms. The molecule has 47 heavy (non-hydrogen) atoms. The first-order chi connectivity index (χ1) is 22.4. The van der Waals surface area contributed by atoms with E-state index in [2.05, 4.69) is 34.7 Å². The zero-order chi connectivity index (χ0) is 34.4. The van der Waals surface area contributed by atoms with Gasteiger partial charge in [0.2, 0.25) is 0 Å². The van der Waals surface area contributed by atoms with Crippen LogP contribution in [0.25, 0.3) is 0 Å². The number of piperazine rings is 1. The molecule has 0 aromatic rings. The zero-order valence-electron chi connectivity index (χ0n) is 26.7. The first-order valence-electron chi connectivity index (χ1n) is 15.2. The molecule has 0 saturated carbocycles. The molecule has 4 atom stereocenters. The Balaban J connectivity index is 1.81. The molecular formula is C34H39ClF4N6O2. The maximum atomic E-state index is 16.5.